The lowest BCUT2D eigenvalue weighted by molar-refractivity contribution is 0.424. The van der Waals surface area contributed by atoms with Gasteiger partial charge in [0.2, 0.25) is 10.0 Å². The summed E-state index contributed by atoms with van der Waals surface area (Å²) in [4.78, 5) is 0.0190. The first-order valence-corrected chi connectivity index (χ1v) is 8.97. The average molecular weight is 369 g/mol. The largest absolute Gasteiger partial charge is 0.396 e. The number of hydrogen-bond donors (Lipinski definition) is 1. The van der Waals surface area contributed by atoms with Crippen LogP contribution in [0.2, 0.25) is 0 Å². The van der Waals surface area contributed by atoms with E-state index >= 15 is 0 Å². The normalized spacial score (nSPS) is 21.5. The van der Waals surface area contributed by atoms with Crippen LogP contribution in [0, 0.1) is 5.82 Å². The molecule has 2 N–H and O–H groups in total. The summed E-state index contributed by atoms with van der Waals surface area (Å²) in [6.45, 7) is 2.90. The van der Waals surface area contributed by atoms with Crippen molar-refractivity contribution in [3.05, 3.63) is 22.4 Å². The van der Waals surface area contributed by atoms with E-state index in [1.807, 2.05) is 6.92 Å². The van der Waals surface area contributed by atoms with Crippen molar-refractivity contribution < 1.29 is 12.8 Å². The van der Waals surface area contributed by atoms with Crippen LogP contribution in [0.15, 0.2) is 21.5 Å². The zero-order valence-electron chi connectivity index (χ0n) is 10.3. The van der Waals surface area contributed by atoms with Crippen molar-refractivity contribution >= 4 is 43.4 Å². The number of nitrogen functional groups attached to an aromatic ring is 1. The van der Waals surface area contributed by atoms with Gasteiger partial charge in [0.1, 0.15) is 5.82 Å². The number of anilines is 1. The number of rotatable bonds is 2. The van der Waals surface area contributed by atoms with Crippen LogP contribution < -0.4 is 5.73 Å². The second-order valence-electron chi connectivity index (χ2n) is 4.35. The molecule has 2 rings (SSSR count). The summed E-state index contributed by atoms with van der Waals surface area (Å²) in [6.07, 6.45) is 0. The number of hydrogen-bond acceptors (Lipinski definition) is 4. The summed E-state index contributed by atoms with van der Waals surface area (Å²) < 4.78 is 40.0. The van der Waals surface area contributed by atoms with Gasteiger partial charge in [-0.2, -0.15) is 16.1 Å². The molecular weight excluding hydrogens is 355 g/mol. The molecule has 1 unspecified atom stereocenters. The summed E-state index contributed by atoms with van der Waals surface area (Å²) in [5, 5.41) is 0.250. The van der Waals surface area contributed by atoms with E-state index in [0.29, 0.717) is 13.1 Å². The fraction of sp³-hybridized carbons (Fsp3) is 0.455. The molecule has 0 spiro atoms. The first-order valence-electron chi connectivity index (χ1n) is 5.68. The summed E-state index contributed by atoms with van der Waals surface area (Å²) in [5.41, 5.74) is 5.29. The SMILES string of the molecule is CC1CN(S(=O)(=O)c2cc(N)c(F)cc2Br)CCS1. The van der Waals surface area contributed by atoms with E-state index in [1.54, 1.807) is 11.8 Å². The molecule has 0 aromatic heterocycles. The van der Waals surface area contributed by atoms with Gasteiger partial charge >= 0.3 is 0 Å². The second kappa shape index (κ2) is 5.59. The zero-order valence-corrected chi connectivity index (χ0v) is 13.5. The topological polar surface area (TPSA) is 63.4 Å². The van der Waals surface area contributed by atoms with Gasteiger partial charge in [-0.1, -0.05) is 6.92 Å². The average Bonchev–Trinajstić information content (AvgIpc) is 2.33. The van der Waals surface area contributed by atoms with Crippen molar-refractivity contribution in [1.82, 2.24) is 4.31 Å². The third-order valence-electron chi connectivity index (χ3n) is 2.87. The molecule has 0 aliphatic carbocycles. The molecule has 1 saturated heterocycles. The zero-order chi connectivity index (χ0) is 14.2. The minimum atomic E-state index is -3.64. The highest BCUT2D eigenvalue weighted by Crippen LogP contribution is 2.31. The maximum Gasteiger partial charge on any atom is 0.244 e. The van der Waals surface area contributed by atoms with Gasteiger partial charge < -0.3 is 5.73 Å². The molecule has 0 saturated carbocycles. The molecule has 1 aliphatic heterocycles. The molecular formula is C11H14BrFN2O2S2. The Morgan fingerprint density at radius 3 is 2.84 bits per heavy atom. The van der Waals surface area contributed by atoms with E-state index in [1.165, 1.54) is 10.4 Å². The highest BCUT2D eigenvalue weighted by Gasteiger charge is 2.31. The third-order valence-corrected chi connectivity index (χ3v) is 6.83. The molecule has 106 valence electrons. The molecule has 4 nitrogen and oxygen atoms in total. The Bertz CT molecular complexity index is 595. The summed E-state index contributed by atoms with van der Waals surface area (Å²) in [5.74, 6) is 0.128. The standard InChI is InChI=1S/C11H14BrFN2O2S2/c1-7-6-15(2-3-18-7)19(16,17)11-5-10(14)9(13)4-8(11)12/h4-5,7H,2-3,6,14H2,1H3. The number of thioether (sulfide) groups is 1. The molecule has 1 aliphatic rings. The first kappa shape index (κ1) is 15.1. The highest BCUT2D eigenvalue weighted by molar-refractivity contribution is 9.10. The van der Waals surface area contributed by atoms with Crippen LogP contribution in [0.25, 0.3) is 0 Å². The van der Waals surface area contributed by atoms with Crippen molar-refractivity contribution in [3.63, 3.8) is 0 Å². The van der Waals surface area contributed by atoms with Crippen LogP contribution in [-0.2, 0) is 10.0 Å². The Hall–Kier alpha value is -0.310. The van der Waals surface area contributed by atoms with E-state index in [4.69, 9.17) is 5.73 Å². The minimum Gasteiger partial charge on any atom is -0.396 e. The van der Waals surface area contributed by atoms with Crippen LogP contribution in [-0.4, -0.2) is 36.8 Å². The molecule has 8 heteroatoms. The lowest BCUT2D eigenvalue weighted by atomic mass is 10.3. The Balaban J connectivity index is 2.42. The van der Waals surface area contributed by atoms with Crippen LogP contribution in [0.1, 0.15) is 6.92 Å². The first-order chi connectivity index (χ1) is 8.82. The maximum absolute atomic E-state index is 13.3. The van der Waals surface area contributed by atoms with Crippen LogP contribution in [0.4, 0.5) is 10.1 Å². The van der Waals surface area contributed by atoms with E-state index in [0.717, 1.165) is 11.8 Å². The van der Waals surface area contributed by atoms with Crippen molar-refractivity contribution in [2.24, 2.45) is 0 Å². The van der Waals surface area contributed by atoms with E-state index < -0.39 is 15.8 Å². The molecule has 1 aromatic carbocycles. The Kier molecular flexibility index (Phi) is 4.44. The Morgan fingerprint density at radius 1 is 1.53 bits per heavy atom. The number of sulfonamides is 1. The lowest BCUT2D eigenvalue weighted by Gasteiger charge is -2.30. The van der Waals surface area contributed by atoms with Gasteiger partial charge in [-0.25, -0.2) is 12.8 Å². The molecule has 1 aromatic rings. The Labute approximate surface area is 124 Å². The molecule has 1 heterocycles. The van der Waals surface area contributed by atoms with Gasteiger partial charge in [0.15, 0.2) is 0 Å². The quantitative estimate of drug-likeness (QED) is 0.813. The summed E-state index contributed by atoms with van der Waals surface area (Å²) in [7, 11) is -3.64. The molecule has 19 heavy (non-hydrogen) atoms. The van der Waals surface area contributed by atoms with Crippen molar-refractivity contribution in [2.45, 2.75) is 17.1 Å². The van der Waals surface area contributed by atoms with Gasteiger partial charge in [-0.15, -0.1) is 0 Å². The van der Waals surface area contributed by atoms with Gasteiger partial charge in [-0.05, 0) is 28.1 Å². The summed E-state index contributed by atoms with van der Waals surface area (Å²) >= 11 is 4.83. The van der Waals surface area contributed by atoms with Crippen molar-refractivity contribution in [2.75, 3.05) is 24.6 Å². The molecule has 1 fully saturated rings. The molecule has 1 atom stereocenters. The smallest absolute Gasteiger partial charge is 0.244 e. The predicted octanol–water partition coefficient (Wildman–Crippen LogP) is 2.30. The number of nitrogens with zero attached hydrogens (tertiary/aromatic N) is 1. The van der Waals surface area contributed by atoms with Gasteiger partial charge in [-0.3, -0.25) is 0 Å². The van der Waals surface area contributed by atoms with Crippen molar-refractivity contribution in [3.8, 4) is 0 Å². The van der Waals surface area contributed by atoms with Crippen LogP contribution in [0.3, 0.4) is 0 Å². The molecule has 0 bridgehead atoms. The number of halogens is 2. The van der Waals surface area contributed by atoms with E-state index in [2.05, 4.69) is 15.9 Å². The van der Waals surface area contributed by atoms with Gasteiger partial charge in [0.25, 0.3) is 0 Å². The van der Waals surface area contributed by atoms with Crippen LogP contribution in [0.5, 0.6) is 0 Å². The molecule has 0 radical (unpaired) electrons. The number of benzene rings is 1. The highest BCUT2D eigenvalue weighted by atomic mass is 79.9. The lowest BCUT2D eigenvalue weighted by Crippen LogP contribution is -2.41. The van der Waals surface area contributed by atoms with Gasteiger partial charge in [0, 0.05) is 28.6 Å². The fourth-order valence-electron chi connectivity index (χ4n) is 1.89. The molecule has 0 amide bonds. The van der Waals surface area contributed by atoms with Gasteiger partial charge in [0.05, 0.1) is 10.6 Å². The van der Waals surface area contributed by atoms with Crippen LogP contribution >= 0.6 is 27.7 Å². The van der Waals surface area contributed by atoms with E-state index in [-0.39, 0.29) is 20.3 Å². The Morgan fingerprint density at radius 2 is 2.21 bits per heavy atom. The van der Waals surface area contributed by atoms with E-state index in [9.17, 15) is 12.8 Å². The minimum absolute atomic E-state index is 0.0190. The van der Waals surface area contributed by atoms with Crippen molar-refractivity contribution in [1.29, 1.82) is 0 Å². The predicted molar refractivity (Wildman–Crippen MR) is 79.2 cm³/mol. The number of nitrogens with two attached hydrogens (primary N) is 1. The second-order valence-corrected chi connectivity index (χ2v) is 8.66. The monoisotopic (exact) mass is 368 g/mol. The maximum atomic E-state index is 13.3. The summed E-state index contributed by atoms with van der Waals surface area (Å²) in [6, 6.07) is 2.26. The third kappa shape index (κ3) is 3.07. The fourth-order valence-corrected chi connectivity index (χ4v) is 5.65.